The minimum Gasteiger partial charge on any atom is -0.481 e. The van der Waals surface area contributed by atoms with E-state index in [9.17, 15) is 18.0 Å². The fourth-order valence-electron chi connectivity index (χ4n) is 0.956. The molecule has 0 aliphatic rings. The van der Waals surface area contributed by atoms with E-state index < -0.39 is 24.5 Å². The molecular formula is C7H12F3NO2. The average Bonchev–Trinajstić information content (AvgIpc) is 1.95. The Morgan fingerprint density at radius 1 is 1.46 bits per heavy atom. The average molecular weight is 199 g/mol. The van der Waals surface area contributed by atoms with Crippen molar-refractivity contribution in [2.45, 2.75) is 25.4 Å². The molecule has 13 heavy (non-hydrogen) atoms. The van der Waals surface area contributed by atoms with Gasteiger partial charge in [0.15, 0.2) is 0 Å². The Balaban J connectivity index is 4.03. The molecule has 0 spiro atoms. The van der Waals surface area contributed by atoms with Gasteiger partial charge < -0.3 is 10.8 Å². The van der Waals surface area contributed by atoms with Crippen molar-refractivity contribution < 1.29 is 23.1 Å². The van der Waals surface area contributed by atoms with Crippen LogP contribution in [0.15, 0.2) is 0 Å². The first kappa shape index (κ1) is 12.2. The van der Waals surface area contributed by atoms with E-state index in [1.165, 1.54) is 0 Å². The van der Waals surface area contributed by atoms with Crippen LogP contribution >= 0.6 is 0 Å². The molecule has 0 amide bonds. The van der Waals surface area contributed by atoms with E-state index in [0.717, 1.165) is 0 Å². The van der Waals surface area contributed by atoms with Gasteiger partial charge in [-0.25, -0.2) is 0 Å². The van der Waals surface area contributed by atoms with Gasteiger partial charge in [0.1, 0.15) is 0 Å². The summed E-state index contributed by atoms with van der Waals surface area (Å²) in [6.07, 6.45) is -5.42. The second-order valence-corrected chi connectivity index (χ2v) is 2.79. The number of carbonyl (C=O) groups is 1. The number of aliphatic carboxylic acids is 1. The number of halogens is 3. The molecular weight excluding hydrogens is 187 g/mol. The summed E-state index contributed by atoms with van der Waals surface area (Å²) in [5, 5.41) is 8.42. The van der Waals surface area contributed by atoms with Gasteiger partial charge in [0.25, 0.3) is 0 Å². The molecule has 3 N–H and O–H groups in total. The van der Waals surface area contributed by atoms with E-state index in [4.69, 9.17) is 10.8 Å². The first-order valence-corrected chi connectivity index (χ1v) is 3.86. The fraction of sp³-hybridized carbons (Fsp3) is 0.857. The SMILES string of the molecule is NCCCC(CC(F)(F)F)C(=O)O. The lowest BCUT2D eigenvalue weighted by molar-refractivity contribution is -0.164. The maximum Gasteiger partial charge on any atom is 0.389 e. The molecule has 0 saturated carbocycles. The van der Waals surface area contributed by atoms with Crippen molar-refractivity contribution in [3.05, 3.63) is 0 Å². The van der Waals surface area contributed by atoms with Crippen molar-refractivity contribution in [2.24, 2.45) is 11.7 Å². The van der Waals surface area contributed by atoms with E-state index in [1.54, 1.807) is 0 Å². The van der Waals surface area contributed by atoms with Crippen molar-refractivity contribution >= 4 is 5.97 Å². The topological polar surface area (TPSA) is 63.3 Å². The van der Waals surface area contributed by atoms with Crippen LogP contribution in [-0.2, 0) is 4.79 Å². The molecule has 0 aromatic carbocycles. The first-order valence-electron chi connectivity index (χ1n) is 3.86. The standard InChI is InChI=1S/C7H12F3NO2/c8-7(9,10)4-5(6(12)13)2-1-3-11/h5H,1-4,11H2,(H,12,13). The van der Waals surface area contributed by atoms with Gasteiger partial charge in [0, 0.05) is 0 Å². The Kier molecular flexibility index (Phi) is 4.76. The number of rotatable bonds is 5. The normalized spacial score (nSPS) is 14.2. The van der Waals surface area contributed by atoms with Crippen LogP contribution in [0.1, 0.15) is 19.3 Å². The summed E-state index contributed by atoms with van der Waals surface area (Å²) in [5.41, 5.74) is 5.07. The van der Waals surface area contributed by atoms with Crippen molar-refractivity contribution in [1.82, 2.24) is 0 Å². The second kappa shape index (κ2) is 5.06. The monoisotopic (exact) mass is 199 g/mol. The number of hydrogen-bond donors (Lipinski definition) is 2. The Hall–Kier alpha value is -0.780. The molecule has 0 fully saturated rings. The minimum absolute atomic E-state index is 0.0225. The largest absolute Gasteiger partial charge is 0.481 e. The molecule has 0 aliphatic heterocycles. The first-order chi connectivity index (χ1) is 5.87. The lowest BCUT2D eigenvalue weighted by Gasteiger charge is -2.13. The highest BCUT2D eigenvalue weighted by Crippen LogP contribution is 2.27. The minimum atomic E-state index is -4.42. The van der Waals surface area contributed by atoms with Crippen molar-refractivity contribution in [3.63, 3.8) is 0 Å². The van der Waals surface area contributed by atoms with Gasteiger partial charge in [0.2, 0.25) is 0 Å². The number of hydrogen-bond acceptors (Lipinski definition) is 2. The van der Waals surface area contributed by atoms with Gasteiger partial charge in [-0.05, 0) is 19.4 Å². The third-order valence-electron chi connectivity index (χ3n) is 1.58. The third kappa shape index (κ3) is 6.39. The van der Waals surface area contributed by atoms with Gasteiger partial charge in [-0.15, -0.1) is 0 Å². The quantitative estimate of drug-likeness (QED) is 0.703. The van der Waals surface area contributed by atoms with Crippen LogP contribution in [0.4, 0.5) is 13.2 Å². The van der Waals surface area contributed by atoms with Crippen LogP contribution in [0.2, 0.25) is 0 Å². The second-order valence-electron chi connectivity index (χ2n) is 2.79. The van der Waals surface area contributed by atoms with Gasteiger partial charge in [0.05, 0.1) is 12.3 Å². The molecule has 0 aliphatic carbocycles. The van der Waals surface area contributed by atoms with Crippen LogP contribution in [0.3, 0.4) is 0 Å². The van der Waals surface area contributed by atoms with Gasteiger partial charge in [-0.1, -0.05) is 0 Å². The molecule has 0 radical (unpaired) electrons. The summed E-state index contributed by atoms with van der Waals surface area (Å²) in [7, 11) is 0. The summed E-state index contributed by atoms with van der Waals surface area (Å²) in [6, 6.07) is 0. The molecule has 3 nitrogen and oxygen atoms in total. The maximum absolute atomic E-state index is 11.8. The number of nitrogens with two attached hydrogens (primary N) is 1. The molecule has 0 aromatic heterocycles. The smallest absolute Gasteiger partial charge is 0.389 e. The van der Waals surface area contributed by atoms with Crippen molar-refractivity contribution in [3.8, 4) is 0 Å². The maximum atomic E-state index is 11.8. The zero-order valence-corrected chi connectivity index (χ0v) is 6.97. The van der Waals surface area contributed by atoms with Crippen LogP contribution in [0.25, 0.3) is 0 Å². The van der Waals surface area contributed by atoms with Crippen LogP contribution in [0.5, 0.6) is 0 Å². The Labute approximate surface area is 73.7 Å². The molecule has 0 bridgehead atoms. The van der Waals surface area contributed by atoms with E-state index in [0.29, 0.717) is 6.42 Å². The zero-order valence-electron chi connectivity index (χ0n) is 6.97. The van der Waals surface area contributed by atoms with Crippen LogP contribution < -0.4 is 5.73 Å². The molecule has 0 heterocycles. The Morgan fingerprint density at radius 2 is 2.00 bits per heavy atom. The molecule has 0 rings (SSSR count). The van der Waals surface area contributed by atoms with E-state index in [2.05, 4.69) is 0 Å². The molecule has 1 unspecified atom stereocenters. The summed E-state index contributed by atoms with van der Waals surface area (Å²) >= 11 is 0. The summed E-state index contributed by atoms with van der Waals surface area (Å²) in [4.78, 5) is 10.3. The lowest BCUT2D eigenvalue weighted by atomic mass is 9.99. The van der Waals surface area contributed by atoms with Crippen LogP contribution in [0, 0.1) is 5.92 Å². The Bertz CT molecular complexity index is 170. The van der Waals surface area contributed by atoms with Crippen LogP contribution in [-0.4, -0.2) is 23.8 Å². The number of carboxylic acids is 1. The predicted octanol–water partition coefficient (Wildman–Crippen LogP) is 1.38. The molecule has 78 valence electrons. The van der Waals surface area contributed by atoms with Gasteiger partial charge in [-0.2, -0.15) is 13.2 Å². The molecule has 0 aromatic rings. The Morgan fingerprint density at radius 3 is 2.31 bits per heavy atom. The predicted molar refractivity (Wildman–Crippen MR) is 40.1 cm³/mol. The van der Waals surface area contributed by atoms with Gasteiger partial charge >= 0.3 is 12.1 Å². The number of alkyl halides is 3. The lowest BCUT2D eigenvalue weighted by Crippen LogP contribution is -2.22. The third-order valence-corrected chi connectivity index (χ3v) is 1.58. The summed E-state index contributed by atoms with van der Waals surface area (Å²) in [6.45, 7) is 0.210. The summed E-state index contributed by atoms with van der Waals surface area (Å²) in [5.74, 6) is -2.77. The van der Waals surface area contributed by atoms with E-state index >= 15 is 0 Å². The zero-order chi connectivity index (χ0) is 10.5. The molecule has 1 atom stereocenters. The highest BCUT2D eigenvalue weighted by atomic mass is 19.4. The molecule has 0 saturated heterocycles. The van der Waals surface area contributed by atoms with Crippen molar-refractivity contribution in [1.29, 1.82) is 0 Å². The highest BCUT2D eigenvalue weighted by Gasteiger charge is 2.34. The fourth-order valence-corrected chi connectivity index (χ4v) is 0.956. The highest BCUT2D eigenvalue weighted by molar-refractivity contribution is 5.69. The van der Waals surface area contributed by atoms with E-state index in [-0.39, 0.29) is 13.0 Å². The number of carboxylic acid groups (broad SMARTS) is 1. The van der Waals surface area contributed by atoms with Gasteiger partial charge in [-0.3, -0.25) is 4.79 Å². The molecule has 6 heteroatoms. The van der Waals surface area contributed by atoms with Crippen molar-refractivity contribution in [2.75, 3.05) is 6.54 Å². The summed E-state index contributed by atoms with van der Waals surface area (Å²) < 4.78 is 35.4. The van der Waals surface area contributed by atoms with E-state index in [1.807, 2.05) is 0 Å².